The van der Waals surface area contributed by atoms with Crippen LogP contribution in [-0.2, 0) is 6.54 Å². The summed E-state index contributed by atoms with van der Waals surface area (Å²) in [6.45, 7) is 2.31. The summed E-state index contributed by atoms with van der Waals surface area (Å²) in [6, 6.07) is 0. The van der Waals surface area contributed by atoms with Gasteiger partial charge in [0.15, 0.2) is 0 Å². The van der Waals surface area contributed by atoms with Crippen molar-refractivity contribution in [2.75, 3.05) is 0 Å². The Kier molecular flexibility index (Phi) is 2.77. The highest BCUT2D eigenvalue weighted by Gasteiger charge is 2.45. The van der Waals surface area contributed by atoms with Gasteiger partial charge in [-0.2, -0.15) is 0 Å². The number of hydrogen-bond acceptors (Lipinski definition) is 2. The molecule has 3 rings (SSSR count). The predicted molar refractivity (Wildman–Crippen MR) is 72.8 cm³/mol. The number of aryl methyl sites for hydroxylation is 1. The fourth-order valence-corrected chi connectivity index (χ4v) is 3.98. The highest BCUT2D eigenvalue weighted by Crippen LogP contribution is 2.54. The van der Waals surface area contributed by atoms with Crippen molar-refractivity contribution in [3.63, 3.8) is 0 Å². The quantitative estimate of drug-likeness (QED) is 0.910. The molecule has 2 fully saturated rings. The lowest BCUT2D eigenvalue weighted by atomic mass is 9.84. The minimum atomic E-state index is -0.273. The minimum Gasteiger partial charge on any atom is -0.310 e. The Balaban J connectivity index is 2.01. The first-order valence-electron chi connectivity index (χ1n) is 6.50. The van der Waals surface area contributed by atoms with Gasteiger partial charge in [-0.05, 0) is 66.3 Å². The summed E-state index contributed by atoms with van der Waals surface area (Å²) in [6.07, 6.45) is 6.04. The van der Waals surface area contributed by atoms with Gasteiger partial charge in [0.1, 0.15) is 4.47 Å². The number of rotatable bonds is 2. The van der Waals surface area contributed by atoms with Crippen LogP contribution in [0, 0.1) is 18.3 Å². The van der Waals surface area contributed by atoms with E-state index in [1.807, 2.05) is 0 Å². The molecule has 0 aromatic carbocycles. The molecule has 0 spiro atoms. The summed E-state index contributed by atoms with van der Waals surface area (Å²) in [5, 5.41) is 0. The molecule has 1 aromatic heterocycles. The number of H-pyrrole nitrogens is 1. The van der Waals surface area contributed by atoms with E-state index in [1.54, 1.807) is 6.92 Å². The van der Waals surface area contributed by atoms with E-state index in [1.165, 1.54) is 23.8 Å². The van der Waals surface area contributed by atoms with Crippen LogP contribution >= 0.6 is 15.9 Å². The molecule has 4 nitrogen and oxygen atoms in total. The fraction of sp³-hybridized carbons (Fsp3) is 0.692. The first kappa shape index (κ1) is 12.2. The third-order valence-electron chi connectivity index (χ3n) is 4.68. The van der Waals surface area contributed by atoms with Gasteiger partial charge in [-0.15, -0.1) is 0 Å². The van der Waals surface area contributed by atoms with Crippen LogP contribution in [0.3, 0.4) is 0 Å². The zero-order valence-electron chi connectivity index (χ0n) is 10.5. The van der Waals surface area contributed by atoms with Crippen molar-refractivity contribution in [1.82, 2.24) is 9.55 Å². The number of nitrogens with zero attached hydrogens (tertiary/aromatic N) is 1. The molecule has 0 radical (unpaired) electrons. The topological polar surface area (TPSA) is 54.9 Å². The maximum atomic E-state index is 12.2. The fourth-order valence-electron chi connectivity index (χ4n) is 3.67. The molecule has 2 aliphatic carbocycles. The van der Waals surface area contributed by atoms with E-state index in [-0.39, 0.29) is 16.7 Å². The van der Waals surface area contributed by atoms with E-state index in [0.29, 0.717) is 16.7 Å². The average Bonchev–Trinajstić information content (AvgIpc) is 2.92. The number of hydrogen-bond donors (Lipinski definition) is 1. The monoisotopic (exact) mass is 312 g/mol. The molecular weight excluding hydrogens is 296 g/mol. The summed E-state index contributed by atoms with van der Waals surface area (Å²) in [4.78, 5) is 26.9. The highest BCUT2D eigenvalue weighted by molar-refractivity contribution is 9.10. The molecule has 18 heavy (non-hydrogen) atoms. The molecule has 0 amide bonds. The van der Waals surface area contributed by atoms with E-state index in [4.69, 9.17) is 0 Å². The van der Waals surface area contributed by atoms with Crippen LogP contribution in [0.2, 0.25) is 0 Å². The molecule has 1 N–H and O–H groups in total. The van der Waals surface area contributed by atoms with E-state index in [9.17, 15) is 9.59 Å². The molecule has 1 heterocycles. The second kappa shape index (κ2) is 4.08. The molecule has 0 saturated heterocycles. The maximum absolute atomic E-state index is 12.2. The van der Waals surface area contributed by atoms with Crippen molar-refractivity contribution < 1.29 is 0 Å². The van der Waals surface area contributed by atoms with Gasteiger partial charge in [0, 0.05) is 12.2 Å². The third-order valence-corrected chi connectivity index (χ3v) is 5.62. The molecule has 2 aliphatic rings. The molecule has 0 unspecified atom stereocenters. The van der Waals surface area contributed by atoms with Crippen molar-refractivity contribution in [3.05, 3.63) is 31.0 Å². The maximum Gasteiger partial charge on any atom is 0.328 e. The lowest BCUT2D eigenvalue weighted by Crippen LogP contribution is -2.40. The Hall–Kier alpha value is -0.840. The van der Waals surface area contributed by atoms with Crippen LogP contribution in [-0.4, -0.2) is 9.55 Å². The summed E-state index contributed by atoms with van der Waals surface area (Å²) in [7, 11) is 0. The first-order valence-corrected chi connectivity index (χ1v) is 7.29. The summed E-state index contributed by atoms with van der Waals surface area (Å²) in [5.41, 5.74) is 0.344. The molecule has 2 saturated carbocycles. The van der Waals surface area contributed by atoms with Gasteiger partial charge in [0.05, 0.1) is 0 Å². The van der Waals surface area contributed by atoms with Crippen molar-refractivity contribution in [3.8, 4) is 0 Å². The standard InChI is InChI=1S/C13H17BrN2O2/c1-8-10(14)11(17)16(12(18)15-8)7-13-4-2-9(6-13)3-5-13/h9H,2-7H2,1H3,(H,15,18). The van der Waals surface area contributed by atoms with Crippen molar-refractivity contribution in [2.24, 2.45) is 11.3 Å². The Morgan fingerprint density at radius 1 is 1.39 bits per heavy atom. The second-order valence-corrected chi connectivity index (χ2v) is 6.70. The van der Waals surface area contributed by atoms with Crippen LogP contribution < -0.4 is 11.2 Å². The molecular formula is C13H17BrN2O2. The Bertz CT molecular complexity index is 594. The van der Waals surface area contributed by atoms with Gasteiger partial charge in [-0.25, -0.2) is 4.79 Å². The molecule has 1 aromatic rings. The van der Waals surface area contributed by atoms with Crippen LogP contribution in [0.1, 0.15) is 37.8 Å². The molecule has 2 bridgehead atoms. The second-order valence-electron chi connectivity index (χ2n) is 5.91. The molecule has 0 atom stereocenters. The van der Waals surface area contributed by atoms with E-state index >= 15 is 0 Å². The van der Waals surface area contributed by atoms with Crippen LogP contribution in [0.5, 0.6) is 0 Å². The highest BCUT2D eigenvalue weighted by atomic mass is 79.9. The molecule has 5 heteroatoms. The summed E-state index contributed by atoms with van der Waals surface area (Å²) >= 11 is 3.26. The SMILES string of the molecule is Cc1[nH]c(=O)n(CC23CCC(CC2)C3)c(=O)c1Br. The lowest BCUT2D eigenvalue weighted by Gasteiger charge is -2.26. The number of halogens is 1. The van der Waals surface area contributed by atoms with Crippen molar-refractivity contribution in [1.29, 1.82) is 0 Å². The minimum absolute atomic E-state index is 0.194. The van der Waals surface area contributed by atoms with Gasteiger partial charge in [0.25, 0.3) is 5.56 Å². The normalized spacial score (nSPS) is 30.0. The van der Waals surface area contributed by atoms with Gasteiger partial charge in [0.2, 0.25) is 0 Å². The van der Waals surface area contributed by atoms with E-state index in [2.05, 4.69) is 20.9 Å². The zero-order valence-corrected chi connectivity index (χ0v) is 12.0. The van der Waals surface area contributed by atoms with Crippen LogP contribution in [0.15, 0.2) is 14.1 Å². The number of aromatic nitrogens is 2. The Morgan fingerprint density at radius 2 is 2.06 bits per heavy atom. The largest absolute Gasteiger partial charge is 0.328 e. The lowest BCUT2D eigenvalue weighted by molar-refractivity contribution is 0.240. The van der Waals surface area contributed by atoms with Crippen LogP contribution in [0.25, 0.3) is 0 Å². The zero-order chi connectivity index (χ0) is 12.9. The van der Waals surface area contributed by atoms with Crippen LogP contribution in [0.4, 0.5) is 0 Å². The van der Waals surface area contributed by atoms with E-state index < -0.39 is 0 Å². The molecule has 0 aliphatic heterocycles. The van der Waals surface area contributed by atoms with Gasteiger partial charge >= 0.3 is 5.69 Å². The summed E-state index contributed by atoms with van der Waals surface area (Å²) < 4.78 is 1.86. The first-order chi connectivity index (χ1) is 8.51. The van der Waals surface area contributed by atoms with Gasteiger partial charge < -0.3 is 4.98 Å². The molecule has 98 valence electrons. The third kappa shape index (κ3) is 1.79. The average molecular weight is 313 g/mol. The van der Waals surface area contributed by atoms with Crippen molar-refractivity contribution in [2.45, 2.75) is 45.6 Å². The smallest absolute Gasteiger partial charge is 0.310 e. The Morgan fingerprint density at radius 3 is 2.61 bits per heavy atom. The summed E-state index contributed by atoms with van der Waals surface area (Å²) in [5.74, 6) is 0.827. The van der Waals surface area contributed by atoms with Gasteiger partial charge in [-0.3, -0.25) is 9.36 Å². The number of fused-ring (bicyclic) bond motifs is 2. The Labute approximate surface area is 114 Å². The predicted octanol–water partition coefficient (Wildman–Crippen LogP) is 2.19. The van der Waals surface area contributed by atoms with Gasteiger partial charge in [-0.1, -0.05) is 0 Å². The van der Waals surface area contributed by atoms with Crippen molar-refractivity contribution >= 4 is 15.9 Å². The number of nitrogens with one attached hydrogen (secondary N) is 1. The number of aromatic amines is 1. The van der Waals surface area contributed by atoms with E-state index in [0.717, 1.165) is 18.8 Å².